The molecule has 0 aliphatic carbocycles. The second kappa shape index (κ2) is 11.5. The van der Waals surface area contributed by atoms with Crippen LogP contribution in [0.4, 0.5) is 4.79 Å². The van der Waals surface area contributed by atoms with Gasteiger partial charge < -0.3 is 19.3 Å². The third-order valence-corrected chi connectivity index (χ3v) is 3.49. The van der Waals surface area contributed by atoms with Gasteiger partial charge in [0.15, 0.2) is 0 Å². The number of carbonyl (C=O) groups is 4. The zero-order valence-electron chi connectivity index (χ0n) is 15.2. The van der Waals surface area contributed by atoms with Crippen molar-refractivity contribution < 1.29 is 38.5 Å². The summed E-state index contributed by atoms with van der Waals surface area (Å²) in [5, 5.41) is 8.52. The van der Waals surface area contributed by atoms with E-state index in [1.807, 2.05) is 6.92 Å². The number of hydrogen-bond donors (Lipinski definition) is 1. The first kappa shape index (κ1) is 21.9. The van der Waals surface area contributed by atoms with Crippen LogP contribution < -0.4 is 0 Å². The highest BCUT2D eigenvalue weighted by molar-refractivity contribution is 6.05. The van der Waals surface area contributed by atoms with Crippen molar-refractivity contribution in [2.24, 2.45) is 0 Å². The van der Waals surface area contributed by atoms with E-state index in [0.29, 0.717) is 19.3 Å². The number of ether oxygens (including phenoxy) is 3. The fraction of sp³-hybridized carbons (Fsp3) is 0.368. The van der Waals surface area contributed by atoms with Gasteiger partial charge in [0.05, 0.1) is 17.7 Å². The number of esters is 3. The van der Waals surface area contributed by atoms with E-state index in [1.54, 1.807) is 13.0 Å². The van der Waals surface area contributed by atoms with Gasteiger partial charge in [0, 0.05) is 6.08 Å². The van der Waals surface area contributed by atoms with Crippen molar-refractivity contribution in [3.05, 3.63) is 47.5 Å². The third-order valence-electron chi connectivity index (χ3n) is 3.49. The van der Waals surface area contributed by atoms with Gasteiger partial charge in [-0.3, -0.25) is 0 Å². The molecule has 1 atom stereocenters. The zero-order valence-corrected chi connectivity index (χ0v) is 15.2. The molecule has 0 fully saturated rings. The van der Waals surface area contributed by atoms with E-state index in [-0.39, 0.29) is 23.8 Å². The molecule has 1 aromatic carbocycles. The molecule has 27 heavy (non-hydrogen) atoms. The Morgan fingerprint density at radius 2 is 1.74 bits per heavy atom. The second-order valence-electron chi connectivity index (χ2n) is 5.45. The molecule has 0 aromatic heterocycles. The molecule has 8 heteroatoms. The van der Waals surface area contributed by atoms with Gasteiger partial charge in [-0.1, -0.05) is 25.1 Å². The van der Waals surface area contributed by atoms with E-state index in [4.69, 9.17) is 14.6 Å². The van der Waals surface area contributed by atoms with Crippen LogP contribution in [0.2, 0.25) is 0 Å². The molecule has 0 radical (unpaired) electrons. The molecule has 1 rings (SSSR count). The Hall–Kier alpha value is -3.16. The molecule has 146 valence electrons. The SMILES string of the molecule is CC=CC(=O)OC(CC)CCCOC(=O)c1ccccc1C(=O)OC(=O)O. The van der Waals surface area contributed by atoms with Crippen LogP contribution in [-0.4, -0.2) is 41.9 Å². The van der Waals surface area contributed by atoms with Gasteiger partial charge in [-0.2, -0.15) is 0 Å². The van der Waals surface area contributed by atoms with Crippen LogP contribution in [0.3, 0.4) is 0 Å². The average Bonchev–Trinajstić information content (AvgIpc) is 2.63. The topological polar surface area (TPSA) is 116 Å². The molecule has 0 aliphatic rings. The molecule has 0 saturated heterocycles. The largest absolute Gasteiger partial charge is 0.513 e. The summed E-state index contributed by atoms with van der Waals surface area (Å²) in [6.45, 7) is 3.65. The smallest absolute Gasteiger partial charge is 0.462 e. The van der Waals surface area contributed by atoms with Crippen molar-refractivity contribution in [1.82, 2.24) is 0 Å². The second-order valence-corrected chi connectivity index (χ2v) is 5.45. The Labute approximate surface area is 156 Å². The minimum absolute atomic E-state index is 0.0544. The Kier molecular flexibility index (Phi) is 9.28. The number of hydrogen-bond acceptors (Lipinski definition) is 7. The van der Waals surface area contributed by atoms with Crippen LogP contribution in [-0.2, 0) is 19.0 Å². The van der Waals surface area contributed by atoms with Crippen molar-refractivity contribution in [3.8, 4) is 0 Å². The zero-order chi connectivity index (χ0) is 20.2. The summed E-state index contributed by atoms with van der Waals surface area (Å²) in [7, 11) is 0. The van der Waals surface area contributed by atoms with Crippen LogP contribution >= 0.6 is 0 Å². The van der Waals surface area contributed by atoms with E-state index in [2.05, 4.69) is 4.74 Å². The summed E-state index contributed by atoms with van der Waals surface area (Å²) in [6.07, 6.45) is 2.46. The first-order chi connectivity index (χ1) is 12.9. The number of rotatable bonds is 9. The molecule has 0 aliphatic heterocycles. The summed E-state index contributed by atoms with van der Waals surface area (Å²) in [4.78, 5) is 45.8. The summed E-state index contributed by atoms with van der Waals surface area (Å²) in [5.74, 6) is -2.35. The van der Waals surface area contributed by atoms with Gasteiger partial charge in [0.25, 0.3) is 0 Å². The van der Waals surface area contributed by atoms with Gasteiger partial charge in [0.1, 0.15) is 6.10 Å². The Bertz CT molecular complexity index is 707. The molecule has 8 nitrogen and oxygen atoms in total. The predicted molar refractivity (Wildman–Crippen MR) is 94.4 cm³/mol. The van der Waals surface area contributed by atoms with Crippen molar-refractivity contribution in [3.63, 3.8) is 0 Å². The first-order valence-electron chi connectivity index (χ1n) is 8.43. The van der Waals surface area contributed by atoms with Gasteiger partial charge in [-0.25, -0.2) is 19.2 Å². The predicted octanol–water partition coefficient (Wildman–Crippen LogP) is 3.36. The Balaban J connectivity index is 2.57. The van der Waals surface area contributed by atoms with E-state index < -0.39 is 24.1 Å². The van der Waals surface area contributed by atoms with Crippen LogP contribution in [0.1, 0.15) is 53.8 Å². The summed E-state index contributed by atoms with van der Waals surface area (Å²) in [5.41, 5.74) is -0.285. The van der Waals surface area contributed by atoms with Gasteiger partial charge in [0.2, 0.25) is 0 Å². The lowest BCUT2D eigenvalue weighted by Gasteiger charge is -2.15. The van der Waals surface area contributed by atoms with Crippen LogP contribution in [0.25, 0.3) is 0 Å². The molecule has 0 heterocycles. The minimum Gasteiger partial charge on any atom is -0.462 e. The van der Waals surface area contributed by atoms with Gasteiger partial charge >= 0.3 is 24.1 Å². The van der Waals surface area contributed by atoms with Gasteiger partial charge in [-0.15, -0.1) is 0 Å². The van der Waals surface area contributed by atoms with Crippen molar-refractivity contribution in [2.45, 2.75) is 39.2 Å². The molecular formula is C19H22O8. The summed E-state index contributed by atoms with van der Waals surface area (Å²) in [6, 6.07) is 5.60. The fourth-order valence-corrected chi connectivity index (χ4v) is 2.21. The average molecular weight is 378 g/mol. The van der Waals surface area contributed by atoms with Crippen molar-refractivity contribution in [2.75, 3.05) is 6.61 Å². The lowest BCUT2D eigenvalue weighted by Crippen LogP contribution is -2.18. The van der Waals surface area contributed by atoms with Crippen LogP contribution in [0.15, 0.2) is 36.4 Å². The molecule has 0 saturated carbocycles. The molecule has 0 bridgehead atoms. The lowest BCUT2D eigenvalue weighted by molar-refractivity contribution is -0.143. The maximum Gasteiger partial charge on any atom is 0.513 e. The Morgan fingerprint density at radius 3 is 2.30 bits per heavy atom. The van der Waals surface area contributed by atoms with Crippen LogP contribution in [0.5, 0.6) is 0 Å². The summed E-state index contributed by atoms with van der Waals surface area (Å²) < 4.78 is 14.4. The van der Waals surface area contributed by atoms with E-state index >= 15 is 0 Å². The highest BCUT2D eigenvalue weighted by atomic mass is 16.7. The molecule has 1 unspecified atom stereocenters. The quantitative estimate of drug-likeness (QED) is 0.229. The monoisotopic (exact) mass is 378 g/mol. The minimum atomic E-state index is -1.76. The maximum atomic E-state index is 12.2. The van der Waals surface area contributed by atoms with E-state index in [9.17, 15) is 19.2 Å². The van der Waals surface area contributed by atoms with E-state index in [1.165, 1.54) is 30.3 Å². The van der Waals surface area contributed by atoms with Crippen molar-refractivity contribution >= 4 is 24.1 Å². The lowest BCUT2D eigenvalue weighted by atomic mass is 10.1. The highest BCUT2D eigenvalue weighted by Gasteiger charge is 2.21. The number of benzene rings is 1. The van der Waals surface area contributed by atoms with E-state index in [0.717, 1.165) is 0 Å². The molecule has 1 N–H and O–H groups in total. The molecular weight excluding hydrogens is 356 g/mol. The summed E-state index contributed by atoms with van der Waals surface area (Å²) >= 11 is 0. The third kappa shape index (κ3) is 7.72. The normalized spacial score (nSPS) is 11.6. The number of allylic oxidation sites excluding steroid dienone is 1. The standard InChI is InChI=1S/C19H22O8/c1-3-8-16(20)26-13(4-2)9-7-12-25-17(21)14-10-5-6-11-15(14)18(22)27-19(23)24/h3,5-6,8,10-11,13H,4,7,9,12H2,1-2H3,(H,23,24). The maximum absolute atomic E-state index is 12.2. The van der Waals surface area contributed by atoms with Crippen molar-refractivity contribution in [1.29, 1.82) is 0 Å². The first-order valence-corrected chi connectivity index (χ1v) is 8.43. The molecule has 0 amide bonds. The van der Waals surface area contributed by atoms with Gasteiger partial charge in [-0.05, 0) is 38.3 Å². The number of carboxylic acid groups (broad SMARTS) is 1. The van der Waals surface area contributed by atoms with Crippen LogP contribution in [0, 0.1) is 0 Å². The molecule has 0 spiro atoms. The highest BCUT2D eigenvalue weighted by Crippen LogP contribution is 2.13. The Morgan fingerprint density at radius 1 is 1.11 bits per heavy atom. The number of carbonyl (C=O) groups excluding carboxylic acids is 3. The fourth-order valence-electron chi connectivity index (χ4n) is 2.21. The molecule has 1 aromatic rings.